The maximum atomic E-state index is 9.25. The maximum Gasteiger partial charge on any atom is 0.108 e. The van der Waals surface area contributed by atoms with Crippen LogP contribution in [0.2, 0.25) is 0 Å². The summed E-state index contributed by atoms with van der Waals surface area (Å²) < 4.78 is 0. The van der Waals surface area contributed by atoms with Crippen molar-refractivity contribution in [2.24, 2.45) is 5.92 Å². The molecule has 0 aliphatic heterocycles. The van der Waals surface area contributed by atoms with Gasteiger partial charge in [-0.05, 0) is 11.5 Å². The van der Waals surface area contributed by atoms with Gasteiger partial charge in [0, 0.05) is 11.4 Å². The van der Waals surface area contributed by atoms with E-state index in [9.17, 15) is 5.26 Å². The molecule has 0 aliphatic rings. The summed E-state index contributed by atoms with van der Waals surface area (Å²) in [4.78, 5) is -0.191. The van der Waals surface area contributed by atoms with Gasteiger partial charge in [0.15, 0.2) is 0 Å². The largest absolute Gasteiger partial charge is 0.297 e. The van der Waals surface area contributed by atoms with Gasteiger partial charge in [-0.1, -0.05) is 44.2 Å². The number of nitrogens with zero attached hydrogens (tertiary/aromatic N) is 1. The molecule has 1 aromatic carbocycles. The fourth-order valence-corrected chi connectivity index (χ4v) is 1.87. The van der Waals surface area contributed by atoms with Crippen LogP contribution in [0, 0.1) is 17.2 Å². The predicted molar refractivity (Wildman–Crippen MR) is 79.7 cm³/mol. The second kappa shape index (κ2) is 6.46. The quantitative estimate of drug-likeness (QED) is 0.832. The first-order valence-electron chi connectivity index (χ1n) is 5.73. The Hall–Kier alpha value is -0.470. The van der Waals surface area contributed by atoms with Crippen LogP contribution in [0.3, 0.4) is 0 Å². The Morgan fingerprint density at radius 3 is 2.35 bits per heavy atom. The number of rotatable bonds is 5. The maximum absolute atomic E-state index is 9.25. The van der Waals surface area contributed by atoms with E-state index in [1.165, 1.54) is 5.56 Å². The lowest BCUT2D eigenvalue weighted by atomic mass is 10.0. The third-order valence-electron chi connectivity index (χ3n) is 2.98. The van der Waals surface area contributed by atoms with E-state index in [0.717, 1.165) is 6.54 Å². The molecule has 1 aromatic rings. The van der Waals surface area contributed by atoms with E-state index in [-0.39, 0.29) is 10.9 Å². The Morgan fingerprint density at radius 2 is 1.88 bits per heavy atom. The van der Waals surface area contributed by atoms with Gasteiger partial charge in [0.1, 0.15) is 6.04 Å². The molecule has 0 radical (unpaired) electrons. The third kappa shape index (κ3) is 4.04. The van der Waals surface area contributed by atoms with Crippen molar-refractivity contribution >= 4 is 18.5 Å². The van der Waals surface area contributed by atoms with Crippen LogP contribution < -0.4 is 5.32 Å². The predicted octanol–water partition coefficient (Wildman–Crippen LogP) is 2.77. The van der Waals surface area contributed by atoms with E-state index >= 15 is 0 Å². The first-order chi connectivity index (χ1) is 7.98. The van der Waals surface area contributed by atoms with Crippen molar-refractivity contribution in [3.8, 4) is 6.07 Å². The molecule has 92 valence electrons. The Morgan fingerprint density at radius 1 is 1.29 bits per heavy atom. The Labute approximate surface area is 109 Å². The van der Waals surface area contributed by atoms with E-state index < -0.39 is 0 Å². The first-order valence-corrected chi connectivity index (χ1v) is 6.88. The molecule has 3 atom stereocenters. The second-order valence-corrected chi connectivity index (χ2v) is 7.25. The fraction of sp³-hybridized carbons (Fsp3) is 0.462. The molecule has 0 bridgehead atoms. The molecule has 0 fully saturated rings. The van der Waals surface area contributed by atoms with Crippen LogP contribution in [-0.2, 0) is 6.54 Å². The summed E-state index contributed by atoms with van der Waals surface area (Å²) >= 11 is 0. The van der Waals surface area contributed by atoms with Crippen molar-refractivity contribution in [3.63, 3.8) is 0 Å². The monoisotopic (exact) mass is 266 g/mol. The molecule has 0 aromatic heterocycles. The minimum absolute atomic E-state index is 0.191. The highest BCUT2D eigenvalue weighted by atomic mass is 31.1. The molecule has 0 heterocycles. The molecule has 4 heteroatoms. The smallest absolute Gasteiger partial charge is 0.108 e. The number of hydrogen-bond acceptors (Lipinski definition) is 2. The van der Waals surface area contributed by atoms with Crippen molar-refractivity contribution in [1.82, 2.24) is 5.32 Å². The van der Waals surface area contributed by atoms with Crippen LogP contribution in [0.15, 0.2) is 30.3 Å². The zero-order chi connectivity index (χ0) is 12.9. The standard InChI is InChI=1S/C13H20N2P2/c1-10(2)13(16,17)12(8-14)15-9-11-6-4-3-5-7-11/h3-7,10,12,15H,9,16-17H2,1-2H3. The molecule has 0 aliphatic carbocycles. The lowest BCUT2D eigenvalue weighted by Gasteiger charge is -2.33. The van der Waals surface area contributed by atoms with Gasteiger partial charge in [0.25, 0.3) is 0 Å². The van der Waals surface area contributed by atoms with E-state index in [2.05, 4.69) is 55.8 Å². The van der Waals surface area contributed by atoms with E-state index in [4.69, 9.17) is 0 Å². The lowest BCUT2D eigenvalue weighted by Crippen LogP contribution is -2.44. The number of nitriles is 1. The van der Waals surface area contributed by atoms with Gasteiger partial charge in [-0.25, -0.2) is 0 Å². The average molecular weight is 266 g/mol. The van der Waals surface area contributed by atoms with Gasteiger partial charge in [0.05, 0.1) is 6.07 Å². The number of benzene rings is 1. The highest BCUT2D eigenvalue weighted by molar-refractivity contribution is 7.40. The molecule has 0 saturated heterocycles. The average Bonchev–Trinajstić information content (AvgIpc) is 2.30. The Bertz CT molecular complexity index is 382. The summed E-state index contributed by atoms with van der Waals surface area (Å²) in [7, 11) is 5.56. The van der Waals surface area contributed by atoms with Gasteiger partial charge in [0.2, 0.25) is 0 Å². The molecule has 0 amide bonds. The molecule has 0 spiro atoms. The molecule has 0 saturated carbocycles. The molecular weight excluding hydrogens is 246 g/mol. The molecule has 3 unspecified atom stereocenters. The van der Waals surface area contributed by atoms with Crippen LogP contribution in [0.25, 0.3) is 0 Å². The minimum atomic E-state index is -0.197. The fourth-order valence-electron chi connectivity index (χ4n) is 1.48. The highest BCUT2D eigenvalue weighted by Crippen LogP contribution is 2.38. The summed E-state index contributed by atoms with van der Waals surface area (Å²) in [6.45, 7) is 4.96. The minimum Gasteiger partial charge on any atom is -0.297 e. The van der Waals surface area contributed by atoms with Crippen molar-refractivity contribution in [3.05, 3.63) is 35.9 Å². The van der Waals surface area contributed by atoms with E-state index in [0.29, 0.717) is 5.92 Å². The van der Waals surface area contributed by atoms with Crippen LogP contribution in [0.5, 0.6) is 0 Å². The third-order valence-corrected chi connectivity index (χ3v) is 4.98. The Balaban J connectivity index is 2.64. The van der Waals surface area contributed by atoms with Crippen molar-refractivity contribution in [2.75, 3.05) is 0 Å². The van der Waals surface area contributed by atoms with Crippen LogP contribution >= 0.6 is 18.5 Å². The zero-order valence-corrected chi connectivity index (χ0v) is 12.7. The van der Waals surface area contributed by atoms with E-state index in [1.807, 2.05) is 18.2 Å². The van der Waals surface area contributed by atoms with Gasteiger partial charge in [-0.2, -0.15) is 5.26 Å². The van der Waals surface area contributed by atoms with Crippen molar-refractivity contribution in [1.29, 1.82) is 5.26 Å². The molecule has 2 nitrogen and oxygen atoms in total. The van der Waals surface area contributed by atoms with Crippen LogP contribution in [0.4, 0.5) is 0 Å². The summed E-state index contributed by atoms with van der Waals surface area (Å²) in [5.41, 5.74) is 1.20. The Kier molecular flexibility index (Phi) is 5.54. The summed E-state index contributed by atoms with van der Waals surface area (Å²) in [5, 5.41) is 12.6. The SMILES string of the molecule is CC(C)C(P)(P)C(C#N)NCc1ccccc1. The molecule has 1 rings (SSSR count). The van der Waals surface area contributed by atoms with Gasteiger partial charge in [-0.3, -0.25) is 5.32 Å². The first kappa shape index (κ1) is 14.6. The topological polar surface area (TPSA) is 35.8 Å². The van der Waals surface area contributed by atoms with E-state index in [1.54, 1.807) is 0 Å². The summed E-state index contributed by atoms with van der Waals surface area (Å²) in [6, 6.07) is 12.3. The zero-order valence-electron chi connectivity index (χ0n) is 10.4. The highest BCUT2D eigenvalue weighted by Gasteiger charge is 2.32. The summed E-state index contributed by atoms with van der Waals surface area (Å²) in [6.07, 6.45) is 0. The lowest BCUT2D eigenvalue weighted by molar-refractivity contribution is 0.461. The van der Waals surface area contributed by atoms with Crippen molar-refractivity contribution in [2.45, 2.75) is 31.3 Å². The van der Waals surface area contributed by atoms with Crippen molar-refractivity contribution < 1.29 is 0 Å². The summed E-state index contributed by atoms with van der Waals surface area (Å²) in [5.74, 6) is 0.394. The molecule has 1 N–H and O–H groups in total. The number of hydrogen-bond donors (Lipinski definition) is 1. The van der Waals surface area contributed by atoms with Crippen LogP contribution in [-0.4, -0.2) is 10.9 Å². The molecule has 17 heavy (non-hydrogen) atoms. The normalized spacial score (nSPS) is 13.4. The van der Waals surface area contributed by atoms with Gasteiger partial charge in [-0.15, -0.1) is 18.5 Å². The van der Waals surface area contributed by atoms with Gasteiger partial charge >= 0.3 is 0 Å². The molecular formula is C13H20N2P2. The second-order valence-electron chi connectivity index (χ2n) is 4.58. The van der Waals surface area contributed by atoms with Crippen LogP contribution in [0.1, 0.15) is 19.4 Å². The number of nitrogens with one attached hydrogen (secondary N) is 1. The van der Waals surface area contributed by atoms with Gasteiger partial charge < -0.3 is 0 Å².